The molecule has 0 aromatic carbocycles. The molecule has 0 spiro atoms. The second-order valence-electron chi connectivity index (χ2n) is 1.87. The molecule has 0 atom stereocenters. The Bertz CT molecular complexity index is 315. The molecule has 6 heteroatoms. The summed E-state index contributed by atoms with van der Waals surface area (Å²) in [6.45, 7) is 0. The number of aromatic nitrogens is 1. The van der Waals surface area contributed by atoms with Crippen LogP contribution in [0.4, 0.5) is 0 Å². The predicted molar refractivity (Wildman–Crippen MR) is 49.5 cm³/mol. The lowest BCUT2D eigenvalue weighted by Gasteiger charge is -1.99. The van der Waals surface area contributed by atoms with Gasteiger partial charge < -0.3 is 0 Å². The van der Waals surface area contributed by atoms with Crippen LogP contribution in [0.1, 0.15) is 10.5 Å². The summed E-state index contributed by atoms with van der Waals surface area (Å²) in [6, 6.07) is 1.26. The Morgan fingerprint density at radius 1 is 1.33 bits per heavy atom. The number of hydrogen-bond donors (Lipinski definition) is 0. The van der Waals surface area contributed by atoms with Crippen LogP contribution in [0, 0.1) is 0 Å². The Hall–Kier alpha value is -0.0200. The molecule has 0 aliphatic carbocycles. The van der Waals surface area contributed by atoms with Gasteiger partial charge in [-0.2, -0.15) is 0 Å². The third kappa shape index (κ3) is 2.02. The fraction of sp³-hybridized carbons (Fsp3) is 0. The topological polar surface area (TPSA) is 30.0 Å². The lowest BCUT2D eigenvalue weighted by atomic mass is 10.4. The number of rotatable bonds is 1. The van der Waals surface area contributed by atoms with Crippen molar-refractivity contribution in [1.82, 2.24) is 4.98 Å². The number of halogens is 4. The normalized spacial score (nSPS) is 10.0. The minimum atomic E-state index is -0.726. The lowest BCUT2D eigenvalue weighted by Crippen LogP contribution is -1.94. The van der Waals surface area contributed by atoms with E-state index in [0.717, 1.165) is 0 Å². The second kappa shape index (κ2) is 3.79. The molecule has 0 aliphatic rings. The Morgan fingerprint density at radius 3 is 2.33 bits per heavy atom. The molecule has 0 unspecified atom stereocenters. The van der Waals surface area contributed by atoms with Crippen molar-refractivity contribution in [2.75, 3.05) is 0 Å². The average molecular weight is 245 g/mol. The summed E-state index contributed by atoms with van der Waals surface area (Å²) in [6.07, 6.45) is 0. The molecule has 0 radical (unpaired) electrons. The molecular weight excluding hydrogens is 244 g/mol. The molecule has 1 rings (SSSR count). The lowest BCUT2D eigenvalue weighted by molar-refractivity contribution is 0.107. The highest BCUT2D eigenvalue weighted by Gasteiger charge is 2.11. The van der Waals surface area contributed by atoms with Crippen molar-refractivity contribution in [2.24, 2.45) is 0 Å². The Balaban J connectivity index is 3.31. The first kappa shape index (κ1) is 10.1. The van der Waals surface area contributed by atoms with Gasteiger partial charge in [0.15, 0.2) is 0 Å². The van der Waals surface area contributed by atoms with Crippen LogP contribution in [0.25, 0.3) is 0 Å². The minimum Gasteiger partial charge on any atom is -0.274 e. The van der Waals surface area contributed by atoms with Crippen LogP contribution in [0.3, 0.4) is 0 Å². The minimum absolute atomic E-state index is 0.0175. The first-order chi connectivity index (χ1) is 5.52. The highest BCUT2D eigenvalue weighted by atomic mass is 35.5. The van der Waals surface area contributed by atoms with Crippen LogP contribution < -0.4 is 0 Å². The van der Waals surface area contributed by atoms with Gasteiger partial charge in [0.25, 0.3) is 5.24 Å². The zero-order valence-corrected chi connectivity index (χ0v) is 8.47. The van der Waals surface area contributed by atoms with E-state index in [0.29, 0.717) is 0 Å². The SMILES string of the molecule is O=C(Cl)c1cc(Cl)c(Cl)c(Cl)n1. The van der Waals surface area contributed by atoms with Gasteiger partial charge >= 0.3 is 0 Å². The standard InChI is InChI=1S/C6HCl4NO/c7-2-1-3(6(10)12)11-5(9)4(2)8/h1H. The van der Waals surface area contributed by atoms with Crippen LogP contribution in [0.5, 0.6) is 0 Å². The Morgan fingerprint density at radius 2 is 1.92 bits per heavy atom. The Labute approximate surface area is 88.4 Å². The van der Waals surface area contributed by atoms with E-state index < -0.39 is 5.24 Å². The molecule has 1 aromatic rings. The summed E-state index contributed by atoms with van der Waals surface area (Å²) in [5.74, 6) is 0. The van der Waals surface area contributed by atoms with Crippen LogP contribution in [-0.2, 0) is 0 Å². The zero-order chi connectivity index (χ0) is 9.30. The number of hydrogen-bond acceptors (Lipinski definition) is 2. The van der Waals surface area contributed by atoms with Gasteiger partial charge in [-0.3, -0.25) is 4.79 Å². The summed E-state index contributed by atoms with van der Waals surface area (Å²) in [4.78, 5) is 14.2. The van der Waals surface area contributed by atoms with Crippen molar-refractivity contribution < 1.29 is 4.79 Å². The van der Waals surface area contributed by atoms with Gasteiger partial charge in [0, 0.05) is 0 Å². The number of pyridine rings is 1. The van der Waals surface area contributed by atoms with E-state index in [2.05, 4.69) is 4.98 Å². The van der Waals surface area contributed by atoms with E-state index >= 15 is 0 Å². The van der Waals surface area contributed by atoms with Crippen molar-refractivity contribution >= 4 is 51.6 Å². The summed E-state index contributed by atoms with van der Waals surface area (Å²) in [5.41, 5.74) is -0.0175. The van der Waals surface area contributed by atoms with Crippen molar-refractivity contribution in [3.63, 3.8) is 0 Å². The molecular formula is C6HCl4NO. The largest absolute Gasteiger partial charge is 0.274 e. The molecule has 0 saturated carbocycles. The van der Waals surface area contributed by atoms with Gasteiger partial charge in [-0.1, -0.05) is 34.8 Å². The van der Waals surface area contributed by atoms with Crippen LogP contribution in [-0.4, -0.2) is 10.2 Å². The van der Waals surface area contributed by atoms with Crippen molar-refractivity contribution in [3.05, 3.63) is 27.0 Å². The molecule has 12 heavy (non-hydrogen) atoms. The van der Waals surface area contributed by atoms with Crippen LogP contribution in [0.15, 0.2) is 6.07 Å². The maximum absolute atomic E-state index is 10.6. The van der Waals surface area contributed by atoms with Gasteiger partial charge in [-0.25, -0.2) is 4.98 Å². The monoisotopic (exact) mass is 243 g/mol. The van der Waals surface area contributed by atoms with Crippen molar-refractivity contribution in [1.29, 1.82) is 0 Å². The van der Waals surface area contributed by atoms with Crippen LogP contribution in [0.2, 0.25) is 15.2 Å². The molecule has 64 valence electrons. The zero-order valence-electron chi connectivity index (χ0n) is 5.44. The van der Waals surface area contributed by atoms with Crippen molar-refractivity contribution in [3.8, 4) is 0 Å². The highest BCUT2D eigenvalue weighted by Crippen LogP contribution is 2.28. The molecule has 1 heterocycles. The van der Waals surface area contributed by atoms with E-state index in [1.807, 2.05) is 0 Å². The molecule has 1 aromatic heterocycles. The summed E-state index contributed by atoms with van der Waals surface area (Å²) >= 11 is 21.8. The van der Waals surface area contributed by atoms with Gasteiger partial charge in [0.1, 0.15) is 10.8 Å². The molecule has 2 nitrogen and oxygen atoms in total. The third-order valence-corrected chi connectivity index (χ3v) is 2.42. The van der Waals surface area contributed by atoms with E-state index in [-0.39, 0.29) is 20.9 Å². The van der Waals surface area contributed by atoms with E-state index in [4.69, 9.17) is 46.4 Å². The molecule has 0 saturated heterocycles. The third-order valence-electron chi connectivity index (χ3n) is 1.07. The average Bonchev–Trinajstić information content (AvgIpc) is 1.99. The quantitative estimate of drug-likeness (QED) is 0.560. The number of carbonyl (C=O) groups is 1. The van der Waals surface area contributed by atoms with E-state index in [9.17, 15) is 4.79 Å². The summed E-state index contributed by atoms with van der Waals surface area (Å²) in [5, 5.41) is -0.496. The summed E-state index contributed by atoms with van der Waals surface area (Å²) in [7, 11) is 0. The first-order valence-electron chi connectivity index (χ1n) is 2.73. The molecule has 0 N–H and O–H groups in total. The van der Waals surface area contributed by atoms with Crippen molar-refractivity contribution in [2.45, 2.75) is 0 Å². The van der Waals surface area contributed by atoms with Gasteiger partial charge in [0.05, 0.1) is 10.0 Å². The summed E-state index contributed by atoms with van der Waals surface area (Å²) < 4.78 is 0. The smallest absolute Gasteiger partial charge is 0.270 e. The molecule has 0 aliphatic heterocycles. The molecule has 0 amide bonds. The van der Waals surface area contributed by atoms with Gasteiger partial charge in [-0.15, -0.1) is 0 Å². The predicted octanol–water partition coefficient (Wildman–Crippen LogP) is 3.42. The Kier molecular flexibility index (Phi) is 3.18. The maximum Gasteiger partial charge on any atom is 0.270 e. The van der Waals surface area contributed by atoms with Gasteiger partial charge in [-0.05, 0) is 17.7 Å². The fourth-order valence-electron chi connectivity index (χ4n) is 0.570. The maximum atomic E-state index is 10.6. The van der Waals surface area contributed by atoms with Gasteiger partial charge in [0.2, 0.25) is 0 Å². The second-order valence-corrected chi connectivity index (χ2v) is 3.35. The van der Waals surface area contributed by atoms with E-state index in [1.165, 1.54) is 6.07 Å². The molecule has 0 bridgehead atoms. The first-order valence-corrected chi connectivity index (χ1v) is 4.25. The number of nitrogens with zero attached hydrogens (tertiary/aromatic N) is 1. The molecule has 0 fully saturated rings. The highest BCUT2D eigenvalue weighted by molar-refractivity contribution is 6.67. The van der Waals surface area contributed by atoms with E-state index in [1.54, 1.807) is 0 Å². The fourth-order valence-corrected chi connectivity index (χ4v) is 1.20. The van der Waals surface area contributed by atoms with Crippen LogP contribution >= 0.6 is 46.4 Å². The number of carbonyl (C=O) groups excluding carboxylic acids is 1.